The Bertz CT molecular complexity index is 578. The van der Waals surface area contributed by atoms with Crippen molar-refractivity contribution in [3.05, 3.63) is 52.0 Å². The van der Waals surface area contributed by atoms with Crippen molar-refractivity contribution in [2.45, 2.75) is 6.54 Å². The summed E-state index contributed by atoms with van der Waals surface area (Å²) in [5, 5.41) is 16.9. The fraction of sp³-hybridized carbons (Fsp3) is 0.0833. The normalized spacial score (nSPS) is 11.3. The maximum absolute atomic E-state index is 11.8. The lowest BCUT2D eigenvalue weighted by Gasteiger charge is -2.04. The van der Waals surface area contributed by atoms with Gasteiger partial charge in [-0.2, -0.15) is 0 Å². The first-order valence-electron chi connectivity index (χ1n) is 5.45. The number of oxime groups is 1. The minimum atomic E-state index is -0.193. The fourth-order valence-corrected chi connectivity index (χ4v) is 2.00. The van der Waals surface area contributed by atoms with Gasteiger partial charge in [0, 0.05) is 22.7 Å². The number of thiazole rings is 1. The number of carbonyl (C=O) groups excluding carboxylic acids is 1. The summed E-state index contributed by atoms with van der Waals surface area (Å²) in [6.45, 7) is 0.401. The molecule has 6 nitrogen and oxygen atoms in total. The van der Waals surface area contributed by atoms with Gasteiger partial charge in [-0.3, -0.25) is 4.79 Å². The maximum atomic E-state index is 11.8. The Morgan fingerprint density at radius 2 is 2.05 bits per heavy atom. The molecule has 1 aromatic heterocycles. The predicted molar refractivity (Wildman–Crippen MR) is 72.2 cm³/mol. The fourth-order valence-electron chi connectivity index (χ4n) is 1.45. The summed E-state index contributed by atoms with van der Waals surface area (Å²) in [5.41, 5.74) is 6.50. The SMILES string of the molecule is NC(=NO)c1ccc(C(=O)NCc2nccs2)cc1. The number of hydrogen-bond donors (Lipinski definition) is 3. The molecule has 0 spiro atoms. The number of rotatable bonds is 4. The number of amidine groups is 1. The molecular weight excluding hydrogens is 264 g/mol. The van der Waals surface area contributed by atoms with E-state index in [0.717, 1.165) is 5.01 Å². The van der Waals surface area contributed by atoms with Gasteiger partial charge in [0.05, 0.1) is 6.54 Å². The molecule has 0 aliphatic carbocycles. The highest BCUT2D eigenvalue weighted by atomic mass is 32.1. The van der Waals surface area contributed by atoms with Gasteiger partial charge in [0.15, 0.2) is 5.84 Å². The standard InChI is InChI=1S/C12H12N4O2S/c13-11(16-18)8-1-3-9(4-2-8)12(17)15-7-10-14-5-6-19-10/h1-6,18H,7H2,(H2,13,16)(H,15,17). The second-order valence-corrected chi connectivity index (χ2v) is 4.65. The average molecular weight is 276 g/mol. The topological polar surface area (TPSA) is 101 Å². The Hall–Kier alpha value is -2.41. The molecule has 0 atom stereocenters. The zero-order chi connectivity index (χ0) is 13.7. The third-order valence-electron chi connectivity index (χ3n) is 2.43. The van der Waals surface area contributed by atoms with E-state index in [2.05, 4.69) is 15.5 Å². The molecule has 7 heteroatoms. The second kappa shape index (κ2) is 5.96. The van der Waals surface area contributed by atoms with Crippen LogP contribution in [-0.2, 0) is 6.54 Å². The molecule has 19 heavy (non-hydrogen) atoms. The molecule has 0 aliphatic rings. The van der Waals surface area contributed by atoms with Crippen LogP contribution in [0.25, 0.3) is 0 Å². The van der Waals surface area contributed by atoms with E-state index in [4.69, 9.17) is 10.9 Å². The van der Waals surface area contributed by atoms with Crippen molar-refractivity contribution < 1.29 is 10.0 Å². The van der Waals surface area contributed by atoms with Crippen LogP contribution >= 0.6 is 11.3 Å². The lowest BCUT2D eigenvalue weighted by Crippen LogP contribution is -2.23. The van der Waals surface area contributed by atoms with Crippen LogP contribution in [-0.4, -0.2) is 21.9 Å². The monoisotopic (exact) mass is 276 g/mol. The number of carbonyl (C=O) groups is 1. The van der Waals surface area contributed by atoms with Gasteiger partial charge in [-0.1, -0.05) is 17.3 Å². The predicted octanol–water partition coefficient (Wildman–Crippen LogP) is 1.17. The van der Waals surface area contributed by atoms with Crippen LogP contribution in [0.2, 0.25) is 0 Å². The number of aromatic nitrogens is 1. The molecule has 2 rings (SSSR count). The molecule has 2 aromatic rings. The van der Waals surface area contributed by atoms with E-state index in [1.807, 2.05) is 5.38 Å². The Labute approximate surface area is 113 Å². The Morgan fingerprint density at radius 3 is 2.63 bits per heavy atom. The van der Waals surface area contributed by atoms with Crippen molar-refractivity contribution in [1.29, 1.82) is 0 Å². The Kier molecular flexibility index (Phi) is 4.09. The second-order valence-electron chi connectivity index (χ2n) is 3.67. The summed E-state index contributed by atoms with van der Waals surface area (Å²) < 4.78 is 0. The summed E-state index contributed by atoms with van der Waals surface area (Å²) in [6, 6.07) is 6.47. The van der Waals surface area contributed by atoms with E-state index in [1.165, 1.54) is 11.3 Å². The number of hydrogen-bond acceptors (Lipinski definition) is 5. The van der Waals surface area contributed by atoms with Gasteiger partial charge in [0.2, 0.25) is 0 Å². The lowest BCUT2D eigenvalue weighted by atomic mass is 10.1. The summed E-state index contributed by atoms with van der Waals surface area (Å²) in [7, 11) is 0. The van der Waals surface area contributed by atoms with Crippen molar-refractivity contribution in [3.63, 3.8) is 0 Å². The van der Waals surface area contributed by atoms with Gasteiger partial charge < -0.3 is 16.3 Å². The van der Waals surface area contributed by atoms with Crippen LogP contribution in [0.1, 0.15) is 20.9 Å². The van der Waals surface area contributed by atoms with Crippen LogP contribution in [0.4, 0.5) is 0 Å². The van der Waals surface area contributed by atoms with Crippen LogP contribution in [0, 0.1) is 0 Å². The van der Waals surface area contributed by atoms with Crippen molar-refractivity contribution in [1.82, 2.24) is 10.3 Å². The first-order chi connectivity index (χ1) is 9.20. The van der Waals surface area contributed by atoms with Gasteiger partial charge in [0.1, 0.15) is 5.01 Å². The van der Waals surface area contributed by atoms with E-state index in [0.29, 0.717) is 17.7 Å². The minimum absolute atomic E-state index is 0.00902. The van der Waals surface area contributed by atoms with Gasteiger partial charge in [0.25, 0.3) is 5.91 Å². The first kappa shape index (κ1) is 13.0. The van der Waals surface area contributed by atoms with E-state index in [9.17, 15) is 4.79 Å². The number of benzene rings is 1. The third kappa shape index (κ3) is 3.29. The summed E-state index contributed by atoms with van der Waals surface area (Å²) in [6.07, 6.45) is 1.69. The Balaban J connectivity index is 1.99. The number of nitrogens with zero attached hydrogens (tertiary/aromatic N) is 2. The minimum Gasteiger partial charge on any atom is -0.409 e. The highest BCUT2D eigenvalue weighted by Gasteiger charge is 2.07. The highest BCUT2D eigenvalue weighted by Crippen LogP contribution is 2.06. The van der Waals surface area contributed by atoms with E-state index >= 15 is 0 Å². The molecule has 4 N–H and O–H groups in total. The third-order valence-corrected chi connectivity index (χ3v) is 3.21. The zero-order valence-electron chi connectivity index (χ0n) is 9.91. The van der Waals surface area contributed by atoms with Gasteiger partial charge >= 0.3 is 0 Å². The van der Waals surface area contributed by atoms with Gasteiger partial charge in [-0.25, -0.2) is 4.98 Å². The summed E-state index contributed by atoms with van der Waals surface area (Å²) in [4.78, 5) is 15.9. The molecule has 1 amide bonds. The Morgan fingerprint density at radius 1 is 1.37 bits per heavy atom. The molecule has 98 valence electrons. The summed E-state index contributed by atoms with van der Waals surface area (Å²) in [5.74, 6) is -0.184. The van der Waals surface area contributed by atoms with Gasteiger partial charge in [-0.05, 0) is 12.1 Å². The van der Waals surface area contributed by atoms with Crippen LogP contribution in [0.15, 0.2) is 41.0 Å². The van der Waals surface area contributed by atoms with Crippen LogP contribution < -0.4 is 11.1 Å². The van der Waals surface area contributed by atoms with Gasteiger partial charge in [-0.15, -0.1) is 11.3 Å². The molecule has 0 saturated heterocycles. The van der Waals surface area contributed by atoms with Crippen molar-refractivity contribution in [3.8, 4) is 0 Å². The molecule has 1 heterocycles. The zero-order valence-corrected chi connectivity index (χ0v) is 10.7. The highest BCUT2D eigenvalue weighted by molar-refractivity contribution is 7.09. The van der Waals surface area contributed by atoms with E-state index in [1.54, 1.807) is 30.5 Å². The largest absolute Gasteiger partial charge is 0.409 e. The molecular formula is C12H12N4O2S. The molecule has 1 aromatic carbocycles. The molecule has 0 radical (unpaired) electrons. The molecule has 0 unspecified atom stereocenters. The lowest BCUT2D eigenvalue weighted by molar-refractivity contribution is 0.0951. The molecule has 0 saturated carbocycles. The van der Waals surface area contributed by atoms with E-state index < -0.39 is 0 Å². The number of amides is 1. The van der Waals surface area contributed by atoms with Crippen molar-refractivity contribution in [2.24, 2.45) is 10.9 Å². The molecule has 0 bridgehead atoms. The molecule has 0 fully saturated rings. The van der Waals surface area contributed by atoms with Crippen LogP contribution in [0.5, 0.6) is 0 Å². The van der Waals surface area contributed by atoms with E-state index in [-0.39, 0.29) is 11.7 Å². The van der Waals surface area contributed by atoms with Crippen molar-refractivity contribution in [2.75, 3.05) is 0 Å². The number of nitrogens with two attached hydrogens (primary N) is 1. The molecule has 0 aliphatic heterocycles. The van der Waals surface area contributed by atoms with Crippen LogP contribution in [0.3, 0.4) is 0 Å². The smallest absolute Gasteiger partial charge is 0.251 e. The average Bonchev–Trinajstić information content (AvgIpc) is 2.97. The first-order valence-corrected chi connectivity index (χ1v) is 6.33. The summed E-state index contributed by atoms with van der Waals surface area (Å²) >= 11 is 1.48. The maximum Gasteiger partial charge on any atom is 0.251 e. The quantitative estimate of drug-likeness (QED) is 0.338. The number of nitrogens with one attached hydrogen (secondary N) is 1. The van der Waals surface area contributed by atoms with Crippen molar-refractivity contribution >= 4 is 23.1 Å².